The molecule has 0 aromatic heterocycles. The number of methoxy groups -OCH3 is 2. The number of esters is 4. The van der Waals surface area contributed by atoms with Crippen molar-refractivity contribution in [2.75, 3.05) is 14.2 Å². The van der Waals surface area contributed by atoms with E-state index in [1.54, 1.807) is 36.4 Å². The summed E-state index contributed by atoms with van der Waals surface area (Å²) in [6.45, 7) is 0. The first-order valence-electron chi connectivity index (χ1n) is 7.10. The van der Waals surface area contributed by atoms with Gasteiger partial charge in [-0.05, 0) is 24.3 Å². The number of hydrogen-bond acceptors (Lipinski definition) is 7. The molecule has 25 heavy (non-hydrogen) atoms. The maximum absolute atomic E-state index is 11.2. The molecule has 2 aromatic carbocycles. The minimum Gasteiger partial charge on any atom is -0.465 e. The first-order valence-corrected chi connectivity index (χ1v) is 7.10. The number of hydrogen-bond donors (Lipinski definition) is 0. The van der Waals surface area contributed by atoms with Gasteiger partial charge < -0.3 is 14.2 Å². The van der Waals surface area contributed by atoms with Gasteiger partial charge in [0.15, 0.2) is 0 Å². The molecule has 128 valence electrons. The Morgan fingerprint density at radius 3 is 1.44 bits per heavy atom. The molecule has 7 nitrogen and oxygen atoms in total. The van der Waals surface area contributed by atoms with Crippen molar-refractivity contribution in [2.45, 2.75) is 0 Å². The molecular formula is C18H14O7. The van der Waals surface area contributed by atoms with Gasteiger partial charge in [-0.15, -0.1) is 0 Å². The average molecular weight is 342 g/mol. The van der Waals surface area contributed by atoms with Crippen LogP contribution in [-0.2, 0) is 14.2 Å². The number of carbonyl (C=O) groups excluding carboxylic acids is 4. The van der Waals surface area contributed by atoms with Gasteiger partial charge in [-0.25, -0.2) is 19.2 Å². The first kappa shape index (κ1) is 17.9. The van der Waals surface area contributed by atoms with E-state index in [2.05, 4.69) is 14.2 Å². The Labute approximate surface area is 143 Å². The van der Waals surface area contributed by atoms with Crippen LogP contribution < -0.4 is 0 Å². The lowest BCUT2D eigenvalue weighted by molar-refractivity contribution is 0.0442. The molecule has 0 N–H and O–H groups in total. The second-order valence-electron chi connectivity index (χ2n) is 4.75. The molecule has 0 saturated heterocycles. The summed E-state index contributed by atoms with van der Waals surface area (Å²) < 4.78 is 13.4. The van der Waals surface area contributed by atoms with E-state index >= 15 is 0 Å². The maximum atomic E-state index is 11.2. The van der Waals surface area contributed by atoms with Crippen molar-refractivity contribution in [3.05, 3.63) is 70.8 Å². The fourth-order valence-electron chi connectivity index (χ4n) is 2.09. The number of cyclic esters (lactones) is 2. The van der Waals surface area contributed by atoms with E-state index in [0.29, 0.717) is 11.1 Å². The van der Waals surface area contributed by atoms with Gasteiger partial charge in [0, 0.05) is 0 Å². The van der Waals surface area contributed by atoms with Gasteiger partial charge in [-0.2, -0.15) is 0 Å². The van der Waals surface area contributed by atoms with Crippen molar-refractivity contribution in [3.63, 3.8) is 0 Å². The number of carbonyl (C=O) groups is 4. The highest BCUT2D eigenvalue weighted by atomic mass is 16.6. The Kier molecular flexibility index (Phi) is 5.62. The largest absolute Gasteiger partial charge is 0.465 e. The molecule has 1 heterocycles. The van der Waals surface area contributed by atoms with E-state index in [-0.39, 0.29) is 11.1 Å². The summed E-state index contributed by atoms with van der Waals surface area (Å²) in [4.78, 5) is 44.1. The number of rotatable bonds is 2. The average Bonchev–Trinajstić information content (AvgIpc) is 2.95. The van der Waals surface area contributed by atoms with Crippen molar-refractivity contribution < 1.29 is 33.4 Å². The van der Waals surface area contributed by atoms with Gasteiger partial charge in [0.1, 0.15) is 0 Å². The lowest BCUT2D eigenvalue weighted by Gasteiger charge is -2.04. The molecule has 2 aromatic rings. The Bertz CT molecular complexity index is 771. The number of fused-ring (bicyclic) bond motifs is 1. The molecule has 0 bridgehead atoms. The van der Waals surface area contributed by atoms with Crippen molar-refractivity contribution in [3.8, 4) is 0 Å². The minimum absolute atomic E-state index is 0.210. The molecule has 0 spiro atoms. The van der Waals surface area contributed by atoms with Gasteiger partial charge in [0.05, 0.1) is 36.5 Å². The third-order valence-electron chi connectivity index (χ3n) is 3.29. The van der Waals surface area contributed by atoms with Crippen molar-refractivity contribution in [2.24, 2.45) is 0 Å². The summed E-state index contributed by atoms with van der Waals surface area (Å²) in [7, 11) is 2.52. The Morgan fingerprint density at radius 1 is 0.720 bits per heavy atom. The third-order valence-corrected chi connectivity index (χ3v) is 3.29. The van der Waals surface area contributed by atoms with Crippen molar-refractivity contribution in [1.82, 2.24) is 0 Å². The predicted octanol–water partition coefficient (Wildman–Crippen LogP) is 2.26. The van der Waals surface area contributed by atoms with Gasteiger partial charge in [0.2, 0.25) is 0 Å². The van der Waals surface area contributed by atoms with Crippen LogP contribution in [0.2, 0.25) is 0 Å². The minimum atomic E-state index is -0.550. The smallest absolute Gasteiger partial charge is 0.346 e. The van der Waals surface area contributed by atoms with Crippen LogP contribution in [0.15, 0.2) is 48.5 Å². The van der Waals surface area contributed by atoms with Crippen LogP contribution in [0, 0.1) is 0 Å². The van der Waals surface area contributed by atoms with E-state index in [1.165, 1.54) is 26.4 Å². The topological polar surface area (TPSA) is 96.0 Å². The summed E-state index contributed by atoms with van der Waals surface area (Å²) in [5.74, 6) is -2.20. The summed E-state index contributed by atoms with van der Waals surface area (Å²) >= 11 is 0. The highest BCUT2D eigenvalue weighted by Crippen LogP contribution is 2.18. The first-order chi connectivity index (χ1) is 12.0. The lowest BCUT2D eigenvalue weighted by atomic mass is 10.1. The van der Waals surface area contributed by atoms with Gasteiger partial charge in [0.25, 0.3) is 0 Å². The van der Waals surface area contributed by atoms with Crippen LogP contribution in [0.5, 0.6) is 0 Å². The van der Waals surface area contributed by atoms with E-state index < -0.39 is 23.9 Å². The highest BCUT2D eigenvalue weighted by molar-refractivity contribution is 6.14. The van der Waals surface area contributed by atoms with E-state index in [1.807, 2.05) is 0 Å². The monoisotopic (exact) mass is 342 g/mol. The fraction of sp³-hybridized carbons (Fsp3) is 0.111. The second-order valence-corrected chi connectivity index (χ2v) is 4.75. The summed E-state index contributed by atoms with van der Waals surface area (Å²) in [6, 6.07) is 12.9. The lowest BCUT2D eigenvalue weighted by Crippen LogP contribution is -2.11. The van der Waals surface area contributed by atoms with Crippen LogP contribution in [0.1, 0.15) is 41.4 Å². The van der Waals surface area contributed by atoms with E-state index in [9.17, 15) is 19.2 Å². The normalized spacial score (nSPS) is 11.6. The predicted molar refractivity (Wildman–Crippen MR) is 85.3 cm³/mol. The molecule has 0 unspecified atom stereocenters. The number of benzene rings is 2. The Balaban J connectivity index is 0.000000185. The molecule has 3 rings (SSSR count). The van der Waals surface area contributed by atoms with Crippen LogP contribution in [0.3, 0.4) is 0 Å². The summed E-state index contributed by atoms with van der Waals surface area (Å²) in [5, 5.41) is 0. The van der Waals surface area contributed by atoms with E-state index in [4.69, 9.17) is 0 Å². The SMILES string of the molecule is COC(=O)c1ccccc1C(=O)OC.O=C1OC(=O)c2ccccc21. The van der Waals surface area contributed by atoms with Crippen LogP contribution in [0.25, 0.3) is 0 Å². The highest BCUT2D eigenvalue weighted by Gasteiger charge is 2.28. The molecule has 1 aliphatic heterocycles. The van der Waals surface area contributed by atoms with E-state index in [0.717, 1.165) is 0 Å². The van der Waals surface area contributed by atoms with Gasteiger partial charge >= 0.3 is 23.9 Å². The molecule has 0 aliphatic carbocycles. The third kappa shape index (κ3) is 3.89. The van der Waals surface area contributed by atoms with Crippen molar-refractivity contribution >= 4 is 23.9 Å². The standard InChI is InChI=1S/C10H10O4.C8H4O3/c1-13-9(11)7-5-3-4-6-8(7)10(12)14-2;9-7-5-3-1-2-4-6(5)8(10)11-7/h3-6H,1-2H3;1-4H. The zero-order chi connectivity index (χ0) is 18.4. The molecule has 1 aliphatic rings. The molecule has 0 fully saturated rings. The molecule has 0 radical (unpaired) electrons. The maximum Gasteiger partial charge on any atom is 0.346 e. The van der Waals surface area contributed by atoms with Crippen LogP contribution in [-0.4, -0.2) is 38.1 Å². The van der Waals surface area contributed by atoms with Crippen LogP contribution in [0.4, 0.5) is 0 Å². The quantitative estimate of drug-likeness (QED) is 0.469. The summed E-state index contributed by atoms with van der Waals surface area (Å²) in [6.07, 6.45) is 0. The number of ether oxygens (including phenoxy) is 3. The molecule has 0 amide bonds. The molecule has 0 atom stereocenters. The Hall–Kier alpha value is -3.48. The zero-order valence-corrected chi connectivity index (χ0v) is 13.5. The summed E-state index contributed by atoms with van der Waals surface area (Å²) in [5.41, 5.74) is 1.14. The fourth-order valence-corrected chi connectivity index (χ4v) is 2.09. The second kappa shape index (κ2) is 7.87. The molecule has 0 saturated carbocycles. The van der Waals surface area contributed by atoms with Gasteiger partial charge in [-0.1, -0.05) is 24.3 Å². The van der Waals surface area contributed by atoms with Crippen LogP contribution >= 0.6 is 0 Å². The van der Waals surface area contributed by atoms with Gasteiger partial charge in [-0.3, -0.25) is 0 Å². The molecule has 7 heteroatoms. The van der Waals surface area contributed by atoms with Crippen molar-refractivity contribution in [1.29, 1.82) is 0 Å². The zero-order valence-electron chi connectivity index (χ0n) is 13.5. The Morgan fingerprint density at radius 2 is 1.08 bits per heavy atom. The molecular weight excluding hydrogens is 328 g/mol.